The molecule has 0 aliphatic carbocycles. The predicted molar refractivity (Wildman–Crippen MR) is 92.6 cm³/mol. The van der Waals surface area contributed by atoms with Gasteiger partial charge < -0.3 is 20.1 Å². The summed E-state index contributed by atoms with van der Waals surface area (Å²) in [6.07, 6.45) is 0. The van der Waals surface area contributed by atoms with Crippen LogP contribution in [0.3, 0.4) is 0 Å². The van der Waals surface area contributed by atoms with Gasteiger partial charge in [0.25, 0.3) is 0 Å². The van der Waals surface area contributed by atoms with E-state index >= 15 is 0 Å². The van der Waals surface area contributed by atoms with Crippen LogP contribution < -0.4 is 20.1 Å². The largest absolute Gasteiger partial charge is 0.497 e. The summed E-state index contributed by atoms with van der Waals surface area (Å²) in [7, 11) is 3.18. The SMILES string of the molecule is COc1ccc(OC)c(NCC(=O)Nc2c(C)cccc2C)c1. The molecule has 2 N–H and O–H groups in total. The first-order valence-electron chi connectivity index (χ1n) is 7.37. The Kier molecular flexibility index (Phi) is 5.46. The van der Waals surface area contributed by atoms with Crippen molar-refractivity contribution in [1.82, 2.24) is 0 Å². The van der Waals surface area contributed by atoms with Gasteiger partial charge in [0.05, 0.1) is 26.5 Å². The summed E-state index contributed by atoms with van der Waals surface area (Å²) in [6, 6.07) is 11.3. The standard InChI is InChI=1S/C18H22N2O3/c1-12-6-5-7-13(2)18(12)20-17(21)11-19-15-10-14(22-3)8-9-16(15)23-4/h5-10,19H,11H2,1-4H3,(H,20,21). The highest BCUT2D eigenvalue weighted by Crippen LogP contribution is 2.28. The second kappa shape index (κ2) is 7.54. The van der Waals surface area contributed by atoms with Crippen molar-refractivity contribution in [3.05, 3.63) is 47.5 Å². The zero-order valence-corrected chi connectivity index (χ0v) is 13.9. The second-order valence-corrected chi connectivity index (χ2v) is 5.23. The minimum absolute atomic E-state index is 0.118. The van der Waals surface area contributed by atoms with Gasteiger partial charge in [0.15, 0.2) is 0 Å². The Morgan fingerprint density at radius 1 is 1.04 bits per heavy atom. The fourth-order valence-electron chi connectivity index (χ4n) is 2.32. The third-order valence-electron chi connectivity index (χ3n) is 3.59. The number of ether oxygens (including phenoxy) is 2. The molecule has 0 radical (unpaired) electrons. The van der Waals surface area contributed by atoms with Crippen molar-refractivity contribution in [2.45, 2.75) is 13.8 Å². The van der Waals surface area contributed by atoms with Gasteiger partial charge in [0.1, 0.15) is 11.5 Å². The number of carbonyl (C=O) groups is 1. The molecule has 0 aliphatic heterocycles. The molecule has 0 unspecified atom stereocenters. The van der Waals surface area contributed by atoms with Crippen LogP contribution in [0, 0.1) is 13.8 Å². The number of methoxy groups -OCH3 is 2. The number of hydrogen-bond donors (Lipinski definition) is 2. The Morgan fingerprint density at radius 2 is 1.74 bits per heavy atom. The van der Waals surface area contributed by atoms with Gasteiger partial charge in [-0.3, -0.25) is 4.79 Å². The number of para-hydroxylation sites is 1. The highest BCUT2D eigenvalue weighted by Gasteiger charge is 2.09. The molecule has 2 aromatic rings. The number of aryl methyl sites for hydroxylation is 2. The molecule has 0 saturated carbocycles. The number of anilines is 2. The van der Waals surface area contributed by atoms with Crippen LogP contribution in [0.1, 0.15) is 11.1 Å². The third kappa shape index (κ3) is 4.16. The number of hydrogen-bond acceptors (Lipinski definition) is 4. The van der Waals surface area contributed by atoms with Crippen molar-refractivity contribution in [2.75, 3.05) is 31.4 Å². The summed E-state index contributed by atoms with van der Waals surface area (Å²) in [5, 5.41) is 6.02. The van der Waals surface area contributed by atoms with E-state index in [1.165, 1.54) is 0 Å². The molecule has 122 valence electrons. The Hall–Kier alpha value is -2.69. The maximum absolute atomic E-state index is 12.2. The molecule has 0 fully saturated rings. The summed E-state index contributed by atoms with van der Waals surface area (Å²) in [4.78, 5) is 12.2. The lowest BCUT2D eigenvalue weighted by Gasteiger charge is -2.14. The molecule has 0 spiro atoms. The molecule has 0 aliphatic rings. The van der Waals surface area contributed by atoms with Gasteiger partial charge in [-0.25, -0.2) is 0 Å². The van der Waals surface area contributed by atoms with Crippen molar-refractivity contribution in [3.63, 3.8) is 0 Å². The number of amides is 1. The first kappa shape index (κ1) is 16.7. The fraction of sp³-hybridized carbons (Fsp3) is 0.278. The molecule has 5 heteroatoms. The van der Waals surface area contributed by atoms with E-state index < -0.39 is 0 Å². The van der Waals surface area contributed by atoms with Crippen molar-refractivity contribution in [2.24, 2.45) is 0 Å². The molecule has 0 heterocycles. The van der Waals surface area contributed by atoms with Gasteiger partial charge in [-0.1, -0.05) is 18.2 Å². The molecular formula is C18H22N2O3. The fourth-order valence-corrected chi connectivity index (χ4v) is 2.32. The topological polar surface area (TPSA) is 59.6 Å². The minimum Gasteiger partial charge on any atom is -0.497 e. The average Bonchev–Trinajstić information content (AvgIpc) is 2.56. The maximum Gasteiger partial charge on any atom is 0.243 e. The molecular weight excluding hydrogens is 292 g/mol. The highest BCUT2D eigenvalue weighted by atomic mass is 16.5. The lowest BCUT2D eigenvalue weighted by Crippen LogP contribution is -2.22. The van der Waals surface area contributed by atoms with Gasteiger partial charge in [0, 0.05) is 11.8 Å². The molecule has 5 nitrogen and oxygen atoms in total. The highest BCUT2D eigenvalue weighted by molar-refractivity contribution is 5.95. The summed E-state index contributed by atoms with van der Waals surface area (Å²) in [5.41, 5.74) is 3.65. The van der Waals surface area contributed by atoms with Gasteiger partial charge in [-0.2, -0.15) is 0 Å². The summed E-state index contributed by atoms with van der Waals surface area (Å²) >= 11 is 0. The Balaban J connectivity index is 2.05. The van der Waals surface area contributed by atoms with Crippen molar-refractivity contribution < 1.29 is 14.3 Å². The number of rotatable bonds is 6. The maximum atomic E-state index is 12.2. The Morgan fingerprint density at radius 3 is 2.35 bits per heavy atom. The number of nitrogens with one attached hydrogen (secondary N) is 2. The van der Waals surface area contributed by atoms with Crippen LogP contribution in [0.15, 0.2) is 36.4 Å². The quantitative estimate of drug-likeness (QED) is 0.858. The van der Waals surface area contributed by atoms with Crippen LogP contribution in [-0.4, -0.2) is 26.7 Å². The van der Waals surface area contributed by atoms with Crippen molar-refractivity contribution in [3.8, 4) is 11.5 Å². The van der Waals surface area contributed by atoms with E-state index in [1.54, 1.807) is 32.4 Å². The van der Waals surface area contributed by atoms with Crippen LogP contribution >= 0.6 is 0 Å². The van der Waals surface area contributed by atoms with E-state index in [0.717, 1.165) is 16.8 Å². The molecule has 0 saturated heterocycles. The van der Waals surface area contributed by atoms with E-state index in [9.17, 15) is 4.79 Å². The van der Waals surface area contributed by atoms with E-state index in [2.05, 4.69) is 10.6 Å². The van der Waals surface area contributed by atoms with E-state index in [4.69, 9.17) is 9.47 Å². The van der Waals surface area contributed by atoms with Gasteiger partial charge >= 0.3 is 0 Å². The monoisotopic (exact) mass is 314 g/mol. The summed E-state index contributed by atoms with van der Waals surface area (Å²) < 4.78 is 10.5. The molecule has 2 rings (SSSR count). The second-order valence-electron chi connectivity index (χ2n) is 5.23. The van der Waals surface area contributed by atoms with E-state index in [1.807, 2.05) is 32.0 Å². The van der Waals surface area contributed by atoms with Crippen LogP contribution in [-0.2, 0) is 4.79 Å². The first-order chi connectivity index (χ1) is 11.0. The lowest BCUT2D eigenvalue weighted by molar-refractivity contribution is -0.114. The summed E-state index contributed by atoms with van der Waals surface area (Å²) in [6.45, 7) is 4.08. The van der Waals surface area contributed by atoms with Crippen LogP contribution in [0.25, 0.3) is 0 Å². The zero-order valence-electron chi connectivity index (χ0n) is 13.9. The van der Waals surface area contributed by atoms with Crippen LogP contribution in [0.4, 0.5) is 11.4 Å². The molecule has 0 bridgehead atoms. The lowest BCUT2D eigenvalue weighted by atomic mass is 10.1. The van der Waals surface area contributed by atoms with Crippen molar-refractivity contribution in [1.29, 1.82) is 0 Å². The first-order valence-corrected chi connectivity index (χ1v) is 7.37. The number of benzene rings is 2. The normalized spacial score (nSPS) is 10.1. The van der Waals surface area contributed by atoms with Crippen LogP contribution in [0.5, 0.6) is 11.5 Å². The number of carbonyl (C=O) groups excluding carboxylic acids is 1. The van der Waals surface area contributed by atoms with Crippen LogP contribution in [0.2, 0.25) is 0 Å². The Bertz CT molecular complexity index is 678. The molecule has 0 aromatic heterocycles. The van der Waals surface area contributed by atoms with Gasteiger partial charge in [0.2, 0.25) is 5.91 Å². The van der Waals surface area contributed by atoms with Crippen molar-refractivity contribution >= 4 is 17.3 Å². The smallest absolute Gasteiger partial charge is 0.243 e. The third-order valence-corrected chi connectivity index (χ3v) is 3.59. The minimum atomic E-state index is -0.118. The molecule has 1 amide bonds. The van der Waals surface area contributed by atoms with Gasteiger partial charge in [-0.15, -0.1) is 0 Å². The molecule has 2 aromatic carbocycles. The van der Waals surface area contributed by atoms with Gasteiger partial charge in [-0.05, 0) is 37.1 Å². The molecule has 0 atom stereocenters. The summed E-state index contributed by atoms with van der Waals surface area (Å²) in [5.74, 6) is 1.24. The van der Waals surface area contributed by atoms with E-state index in [-0.39, 0.29) is 12.5 Å². The average molecular weight is 314 g/mol. The molecule has 23 heavy (non-hydrogen) atoms. The zero-order chi connectivity index (χ0) is 16.8. The Labute approximate surface area is 136 Å². The predicted octanol–water partition coefficient (Wildman–Crippen LogP) is 3.37. The van der Waals surface area contributed by atoms with E-state index in [0.29, 0.717) is 17.2 Å².